The Labute approximate surface area is 115 Å². The molecule has 1 aromatic heterocycles. The van der Waals surface area contributed by atoms with Crippen LogP contribution < -0.4 is 5.73 Å². The molecule has 3 nitrogen and oxygen atoms in total. The zero-order valence-electron chi connectivity index (χ0n) is 11.2. The number of para-hydroxylation sites is 1. The lowest BCUT2D eigenvalue weighted by Gasteiger charge is -2.24. The number of nitrogens with two attached hydrogens (primary N) is 1. The number of hydrogen-bond donors (Lipinski definition) is 1. The van der Waals surface area contributed by atoms with E-state index in [1.54, 1.807) is 19.1 Å². The van der Waals surface area contributed by atoms with E-state index in [2.05, 4.69) is 0 Å². The number of nitrogens with zero attached hydrogens (tertiary/aromatic N) is 1. The van der Waals surface area contributed by atoms with Crippen LogP contribution in [0.1, 0.15) is 18.7 Å². The number of alkyl halides is 3. The molecule has 0 saturated heterocycles. The zero-order chi connectivity index (χ0) is 14.8. The lowest BCUT2D eigenvalue weighted by atomic mass is 10.2. The summed E-state index contributed by atoms with van der Waals surface area (Å²) in [6, 6.07) is 8.59. The minimum absolute atomic E-state index is 0.107. The normalized spacial score (nSPS) is 14.1. The van der Waals surface area contributed by atoms with Crippen molar-refractivity contribution in [3.05, 3.63) is 36.1 Å². The van der Waals surface area contributed by atoms with Gasteiger partial charge in [0, 0.05) is 11.9 Å². The highest BCUT2D eigenvalue weighted by atomic mass is 19.4. The fourth-order valence-electron chi connectivity index (χ4n) is 2.11. The highest BCUT2D eigenvalue weighted by molar-refractivity contribution is 5.77. The van der Waals surface area contributed by atoms with E-state index >= 15 is 0 Å². The molecule has 0 amide bonds. The molecule has 1 aromatic carbocycles. The molecule has 6 heteroatoms. The quantitative estimate of drug-likeness (QED) is 0.917. The minimum Gasteiger partial charge on any atom is -0.459 e. The van der Waals surface area contributed by atoms with E-state index in [1.807, 2.05) is 18.2 Å². The summed E-state index contributed by atoms with van der Waals surface area (Å²) in [5, 5.41) is 0.900. The average molecular weight is 286 g/mol. The van der Waals surface area contributed by atoms with E-state index in [-0.39, 0.29) is 13.1 Å². The minimum atomic E-state index is -4.22. The Morgan fingerprint density at radius 3 is 2.60 bits per heavy atom. The summed E-state index contributed by atoms with van der Waals surface area (Å²) in [7, 11) is 0. The Kier molecular flexibility index (Phi) is 4.35. The van der Waals surface area contributed by atoms with Crippen molar-refractivity contribution in [2.24, 2.45) is 5.73 Å². The summed E-state index contributed by atoms with van der Waals surface area (Å²) in [6.45, 7) is 1.11. The lowest BCUT2D eigenvalue weighted by molar-refractivity contribution is -0.146. The van der Waals surface area contributed by atoms with Crippen LogP contribution in [-0.4, -0.2) is 30.7 Å². The fourth-order valence-corrected chi connectivity index (χ4v) is 2.11. The summed E-state index contributed by atoms with van der Waals surface area (Å²) in [5.41, 5.74) is 6.64. The van der Waals surface area contributed by atoms with Crippen LogP contribution >= 0.6 is 0 Å². The Morgan fingerprint density at radius 1 is 1.30 bits per heavy atom. The molecule has 0 aliphatic heterocycles. The van der Waals surface area contributed by atoms with Gasteiger partial charge in [0.25, 0.3) is 0 Å². The van der Waals surface area contributed by atoms with Crippen LogP contribution in [0.3, 0.4) is 0 Å². The van der Waals surface area contributed by atoms with Crippen molar-refractivity contribution < 1.29 is 17.6 Å². The van der Waals surface area contributed by atoms with E-state index < -0.39 is 18.8 Å². The van der Waals surface area contributed by atoms with E-state index in [9.17, 15) is 13.2 Å². The van der Waals surface area contributed by atoms with Gasteiger partial charge in [-0.2, -0.15) is 13.2 Å². The number of hydrogen-bond acceptors (Lipinski definition) is 3. The fraction of sp³-hybridized carbons (Fsp3) is 0.429. The molecule has 1 heterocycles. The van der Waals surface area contributed by atoms with Crippen molar-refractivity contribution in [3.8, 4) is 0 Å². The smallest absolute Gasteiger partial charge is 0.401 e. The van der Waals surface area contributed by atoms with Crippen LogP contribution in [0.5, 0.6) is 0 Å². The Balaban J connectivity index is 2.08. The molecule has 1 atom stereocenters. The van der Waals surface area contributed by atoms with Gasteiger partial charge in [-0.25, -0.2) is 0 Å². The van der Waals surface area contributed by atoms with Gasteiger partial charge in [0.1, 0.15) is 11.3 Å². The number of fused-ring (bicyclic) bond motifs is 1. The molecule has 0 fully saturated rings. The largest absolute Gasteiger partial charge is 0.459 e. The number of likely N-dealkylation sites (N-methyl/N-ethyl adjacent to an activating group) is 1. The van der Waals surface area contributed by atoms with Crippen LogP contribution in [0.2, 0.25) is 0 Å². The molecule has 110 valence electrons. The van der Waals surface area contributed by atoms with Crippen molar-refractivity contribution in [1.29, 1.82) is 0 Å². The first-order valence-corrected chi connectivity index (χ1v) is 6.42. The Hall–Kier alpha value is -1.53. The van der Waals surface area contributed by atoms with Crippen molar-refractivity contribution in [1.82, 2.24) is 4.90 Å². The zero-order valence-corrected chi connectivity index (χ0v) is 11.2. The number of furan rings is 1. The number of rotatable bonds is 5. The predicted molar refractivity (Wildman–Crippen MR) is 71.3 cm³/mol. The Bertz CT molecular complexity index is 532. The summed E-state index contributed by atoms with van der Waals surface area (Å²) < 4.78 is 42.8. The molecule has 1 unspecified atom stereocenters. The van der Waals surface area contributed by atoms with Crippen LogP contribution in [0.25, 0.3) is 11.0 Å². The number of halogens is 3. The summed E-state index contributed by atoms with van der Waals surface area (Å²) in [6.07, 6.45) is -4.22. The van der Waals surface area contributed by atoms with E-state index in [1.165, 1.54) is 4.90 Å². The molecule has 2 aromatic rings. The molecule has 2 rings (SSSR count). The topological polar surface area (TPSA) is 42.4 Å². The van der Waals surface area contributed by atoms with Gasteiger partial charge in [-0.15, -0.1) is 0 Å². The van der Waals surface area contributed by atoms with Crippen molar-refractivity contribution in [2.75, 3.05) is 19.6 Å². The van der Waals surface area contributed by atoms with E-state index in [4.69, 9.17) is 10.2 Å². The lowest BCUT2D eigenvalue weighted by Crippen LogP contribution is -2.38. The monoisotopic (exact) mass is 286 g/mol. The molecular weight excluding hydrogens is 269 g/mol. The van der Waals surface area contributed by atoms with Crippen LogP contribution in [0.15, 0.2) is 34.7 Å². The van der Waals surface area contributed by atoms with E-state index in [0.29, 0.717) is 11.3 Å². The Morgan fingerprint density at radius 2 is 2.00 bits per heavy atom. The summed E-state index contributed by atoms with van der Waals surface area (Å²) >= 11 is 0. The average Bonchev–Trinajstić information content (AvgIpc) is 2.80. The molecular formula is C14H17F3N2O. The molecule has 0 radical (unpaired) electrons. The first-order chi connectivity index (χ1) is 9.39. The SMILES string of the molecule is CCN(CC(N)c1cc2ccccc2o1)CC(F)(F)F. The highest BCUT2D eigenvalue weighted by Crippen LogP contribution is 2.24. The van der Waals surface area contributed by atoms with Crippen LogP contribution in [0.4, 0.5) is 13.2 Å². The van der Waals surface area contributed by atoms with E-state index in [0.717, 1.165) is 5.39 Å². The number of benzene rings is 1. The molecule has 0 saturated carbocycles. The molecule has 0 bridgehead atoms. The molecule has 2 N–H and O–H groups in total. The van der Waals surface area contributed by atoms with Gasteiger partial charge in [-0.05, 0) is 18.7 Å². The second kappa shape index (κ2) is 5.85. The van der Waals surface area contributed by atoms with Crippen LogP contribution in [0, 0.1) is 0 Å². The molecule has 0 spiro atoms. The summed E-state index contributed by atoms with van der Waals surface area (Å²) in [5.74, 6) is 0.506. The van der Waals surface area contributed by atoms with Gasteiger partial charge in [-0.1, -0.05) is 25.1 Å². The maximum atomic E-state index is 12.4. The van der Waals surface area contributed by atoms with Gasteiger partial charge < -0.3 is 10.2 Å². The molecule has 0 aliphatic rings. The summed E-state index contributed by atoms with van der Waals surface area (Å²) in [4.78, 5) is 1.26. The third-order valence-electron chi connectivity index (χ3n) is 3.12. The van der Waals surface area contributed by atoms with Crippen LogP contribution in [-0.2, 0) is 0 Å². The van der Waals surface area contributed by atoms with Crippen molar-refractivity contribution in [2.45, 2.75) is 19.1 Å². The second-order valence-electron chi connectivity index (χ2n) is 4.74. The third-order valence-corrected chi connectivity index (χ3v) is 3.12. The highest BCUT2D eigenvalue weighted by Gasteiger charge is 2.31. The first-order valence-electron chi connectivity index (χ1n) is 6.42. The van der Waals surface area contributed by atoms with Gasteiger partial charge in [0.15, 0.2) is 0 Å². The van der Waals surface area contributed by atoms with Gasteiger partial charge >= 0.3 is 6.18 Å². The first kappa shape index (κ1) is 14.9. The standard InChI is InChI=1S/C14H17F3N2O/c1-2-19(9-14(15,16)17)8-11(18)13-7-10-5-3-4-6-12(10)20-13/h3-7,11H,2,8-9,18H2,1H3. The molecule has 20 heavy (non-hydrogen) atoms. The van der Waals surface area contributed by atoms with Crippen molar-refractivity contribution >= 4 is 11.0 Å². The maximum Gasteiger partial charge on any atom is 0.401 e. The van der Waals surface area contributed by atoms with Gasteiger partial charge in [0.2, 0.25) is 0 Å². The second-order valence-corrected chi connectivity index (χ2v) is 4.74. The predicted octanol–water partition coefficient (Wildman–Crippen LogP) is 3.32. The van der Waals surface area contributed by atoms with Crippen molar-refractivity contribution in [3.63, 3.8) is 0 Å². The third kappa shape index (κ3) is 3.74. The van der Waals surface area contributed by atoms with Gasteiger partial charge in [-0.3, -0.25) is 4.90 Å². The van der Waals surface area contributed by atoms with Gasteiger partial charge in [0.05, 0.1) is 12.6 Å². The molecule has 0 aliphatic carbocycles. The maximum absolute atomic E-state index is 12.4.